The first kappa shape index (κ1) is 21.7. The van der Waals surface area contributed by atoms with Gasteiger partial charge in [0.15, 0.2) is 22.5 Å². The average Bonchev–Trinajstić information content (AvgIpc) is 3.40. The highest BCUT2D eigenvalue weighted by Crippen LogP contribution is 2.31. The van der Waals surface area contributed by atoms with Gasteiger partial charge in [0.1, 0.15) is 0 Å². The zero-order chi connectivity index (χ0) is 22.9. The maximum Gasteiger partial charge on any atom is 0.325 e. The van der Waals surface area contributed by atoms with Gasteiger partial charge >= 0.3 is 6.03 Å². The maximum absolute atomic E-state index is 12.8. The van der Waals surface area contributed by atoms with Crippen molar-refractivity contribution in [3.63, 3.8) is 0 Å². The Morgan fingerprint density at radius 1 is 1.12 bits per heavy atom. The van der Waals surface area contributed by atoms with Gasteiger partial charge in [-0.1, -0.05) is 54.2 Å². The monoisotopic (exact) mass is 480 g/mol. The summed E-state index contributed by atoms with van der Waals surface area (Å²) in [6.07, 6.45) is -0.535. The third-order valence-corrected chi connectivity index (χ3v) is 7.93. The zero-order valence-corrected chi connectivity index (χ0v) is 20.0. The summed E-state index contributed by atoms with van der Waals surface area (Å²) in [5.41, 5.74) is 2.15. The van der Waals surface area contributed by atoms with Crippen LogP contribution in [-0.2, 0) is 11.3 Å². The summed E-state index contributed by atoms with van der Waals surface area (Å²) in [7, 11) is 3.65. The summed E-state index contributed by atoms with van der Waals surface area (Å²) < 4.78 is 2.17. The van der Waals surface area contributed by atoms with Crippen LogP contribution in [-0.4, -0.2) is 76.2 Å². The second kappa shape index (κ2) is 9.03. The van der Waals surface area contributed by atoms with Crippen molar-refractivity contribution in [1.82, 2.24) is 25.0 Å². The Labute approximate surface area is 200 Å². The Kier molecular flexibility index (Phi) is 5.94. The molecule has 170 valence electrons. The van der Waals surface area contributed by atoms with Gasteiger partial charge in [0.05, 0.1) is 10.2 Å². The molecule has 2 atom stereocenters. The molecule has 33 heavy (non-hydrogen) atoms. The van der Waals surface area contributed by atoms with E-state index in [0.717, 1.165) is 31.8 Å². The Bertz CT molecular complexity index is 1180. The fraction of sp³-hybridized carbons (Fsp3) is 0.304. The van der Waals surface area contributed by atoms with Crippen LogP contribution in [0, 0.1) is 0 Å². The number of aromatic nitrogens is 1. The van der Waals surface area contributed by atoms with Crippen LogP contribution in [0.2, 0.25) is 0 Å². The first-order chi connectivity index (χ1) is 16.0. The second-order valence-electron chi connectivity index (χ2n) is 8.02. The summed E-state index contributed by atoms with van der Waals surface area (Å²) in [4.78, 5) is 40.1. The number of nitrogens with zero attached hydrogens (tertiary/aromatic N) is 5. The predicted octanol–water partition coefficient (Wildman–Crippen LogP) is 3.07. The number of para-hydroxylation sites is 1. The van der Waals surface area contributed by atoms with E-state index in [0.29, 0.717) is 13.1 Å². The molecular weight excluding hydrogens is 456 g/mol. The lowest BCUT2D eigenvalue weighted by molar-refractivity contribution is -0.127. The number of carbonyl (C=O) groups is 2. The molecule has 1 saturated heterocycles. The number of thioether (sulfide) groups is 1. The summed E-state index contributed by atoms with van der Waals surface area (Å²) in [5, 5.41) is 2.46. The molecule has 0 saturated carbocycles. The number of aliphatic imine (C=N–C) groups is 1. The first-order valence-corrected chi connectivity index (χ1v) is 12.5. The number of nitrogens with one attached hydrogen (secondary N) is 1. The van der Waals surface area contributed by atoms with Crippen LogP contribution >= 0.6 is 23.1 Å². The van der Waals surface area contributed by atoms with Gasteiger partial charge in [0.25, 0.3) is 5.91 Å². The molecule has 2 aliphatic rings. The van der Waals surface area contributed by atoms with Gasteiger partial charge in [-0.15, -0.1) is 11.3 Å². The van der Waals surface area contributed by atoms with Gasteiger partial charge in [0, 0.05) is 32.9 Å². The van der Waals surface area contributed by atoms with Crippen molar-refractivity contribution >= 4 is 51.2 Å². The molecule has 10 heteroatoms. The number of hydrogen-bond donors (Lipinski definition) is 1. The fourth-order valence-electron chi connectivity index (χ4n) is 4.14. The first-order valence-electron chi connectivity index (χ1n) is 10.7. The fourth-order valence-corrected chi connectivity index (χ4v) is 6.22. The molecule has 0 radical (unpaired) electrons. The minimum absolute atomic E-state index is 0.306. The molecule has 0 aliphatic carbocycles. The molecule has 1 fully saturated rings. The van der Waals surface area contributed by atoms with Crippen molar-refractivity contribution in [2.24, 2.45) is 4.99 Å². The smallest absolute Gasteiger partial charge is 0.325 e. The van der Waals surface area contributed by atoms with Crippen molar-refractivity contribution in [1.29, 1.82) is 0 Å². The Morgan fingerprint density at radius 2 is 1.88 bits per heavy atom. The highest BCUT2D eigenvalue weighted by atomic mass is 32.2. The third kappa shape index (κ3) is 4.28. The zero-order valence-electron chi connectivity index (χ0n) is 18.3. The molecule has 5 rings (SSSR count). The predicted molar refractivity (Wildman–Crippen MR) is 131 cm³/mol. The van der Waals surface area contributed by atoms with Crippen molar-refractivity contribution < 1.29 is 9.59 Å². The number of benzene rings is 2. The number of guanidine groups is 1. The van der Waals surface area contributed by atoms with Crippen molar-refractivity contribution in [2.45, 2.75) is 23.1 Å². The van der Waals surface area contributed by atoms with E-state index in [9.17, 15) is 9.59 Å². The topological polar surface area (TPSA) is 81.1 Å². The standard InChI is InChI=1S/C23H24N6O2S2/c1-27(14-15-8-4-3-5-9-15)21-25-19-18(20(30)26-22(31)28(19)2)29(21)12-13-32-23-24-16-10-6-7-11-17(16)33-23/h3-11,18-19H,12-14H2,1-2H3,(H,26,30,31). The number of rotatable bonds is 6. The van der Waals surface area contributed by atoms with Gasteiger partial charge in [0.2, 0.25) is 0 Å². The van der Waals surface area contributed by atoms with Gasteiger partial charge in [-0.2, -0.15) is 0 Å². The lowest BCUT2D eigenvalue weighted by atomic mass is 10.1. The number of fused-ring (bicyclic) bond motifs is 2. The van der Waals surface area contributed by atoms with E-state index < -0.39 is 18.2 Å². The quantitative estimate of drug-likeness (QED) is 0.546. The largest absolute Gasteiger partial charge is 0.341 e. The lowest BCUT2D eigenvalue weighted by Crippen LogP contribution is -2.64. The van der Waals surface area contributed by atoms with Crippen LogP contribution in [0.5, 0.6) is 0 Å². The Balaban J connectivity index is 1.35. The molecule has 2 unspecified atom stereocenters. The average molecular weight is 481 g/mol. The highest BCUT2D eigenvalue weighted by Gasteiger charge is 2.49. The van der Waals surface area contributed by atoms with E-state index in [1.807, 2.05) is 53.2 Å². The summed E-state index contributed by atoms with van der Waals surface area (Å²) >= 11 is 3.35. The van der Waals surface area contributed by atoms with Gasteiger partial charge in [-0.25, -0.2) is 14.8 Å². The van der Waals surface area contributed by atoms with Crippen LogP contribution in [0.4, 0.5) is 4.79 Å². The number of thiazole rings is 1. The molecule has 8 nitrogen and oxygen atoms in total. The van der Waals surface area contributed by atoms with E-state index in [1.165, 1.54) is 4.90 Å². The van der Waals surface area contributed by atoms with Crippen LogP contribution in [0.3, 0.4) is 0 Å². The molecule has 1 aromatic heterocycles. The molecule has 2 aromatic carbocycles. The number of urea groups is 1. The van der Waals surface area contributed by atoms with Crippen LogP contribution in [0.15, 0.2) is 63.9 Å². The van der Waals surface area contributed by atoms with E-state index in [1.54, 1.807) is 30.1 Å². The molecule has 0 bridgehead atoms. The number of likely N-dealkylation sites (N-methyl/N-ethyl adjacent to an activating group) is 1. The highest BCUT2D eigenvalue weighted by molar-refractivity contribution is 8.01. The van der Waals surface area contributed by atoms with E-state index in [-0.39, 0.29) is 5.91 Å². The van der Waals surface area contributed by atoms with Gasteiger partial charge in [-0.3, -0.25) is 10.1 Å². The SMILES string of the molecule is CN(Cc1ccccc1)C1=NC2C(C(=O)NC(=O)N2C)N1CCSc1nc2ccccc2s1. The van der Waals surface area contributed by atoms with E-state index in [4.69, 9.17) is 9.98 Å². The Morgan fingerprint density at radius 3 is 2.67 bits per heavy atom. The summed E-state index contributed by atoms with van der Waals surface area (Å²) in [6.45, 7) is 1.26. The molecule has 3 aromatic rings. The maximum atomic E-state index is 12.8. The summed E-state index contributed by atoms with van der Waals surface area (Å²) in [6, 6.07) is 17.3. The molecule has 1 N–H and O–H groups in total. The molecule has 3 heterocycles. The lowest BCUT2D eigenvalue weighted by Gasteiger charge is -2.37. The number of imide groups is 1. The van der Waals surface area contributed by atoms with Crippen LogP contribution in [0.1, 0.15) is 5.56 Å². The third-order valence-electron chi connectivity index (χ3n) is 5.77. The van der Waals surface area contributed by atoms with Crippen molar-refractivity contribution in [3.8, 4) is 0 Å². The minimum atomic E-state index is -0.545. The molecule has 3 amide bonds. The van der Waals surface area contributed by atoms with Crippen LogP contribution < -0.4 is 5.32 Å². The van der Waals surface area contributed by atoms with Crippen molar-refractivity contribution in [2.75, 3.05) is 26.4 Å². The minimum Gasteiger partial charge on any atom is -0.341 e. The molecular formula is C23H24N6O2S2. The van der Waals surface area contributed by atoms with Gasteiger partial charge < -0.3 is 14.7 Å². The number of carbonyl (C=O) groups excluding carboxylic acids is 2. The number of amides is 3. The van der Waals surface area contributed by atoms with Gasteiger partial charge in [-0.05, 0) is 17.7 Å². The van der Waals surface area contributed by atoms with Crippen LogP contribution in [0.25, 0.3) is 10.2 Å². The van der Waals surface area contributed by atoms with E-state index >= 15 is 0 Å². The second-order valence-corrected chi connectivity index (χ2v) is 10.4. The number of hydrogen-bond acceptors (Lipinski definition) is 8. The molecule has 0 spiro atoms. The summed E-state index contributed by atoms with van der Waals surface area (Å²) in [5.74, 6) is 1.15. The van der Waals surface area contributed by atoms with E-state index in [2.05, 4.69) is 23.5 Å². The molecule has 2 aliphatic heterocycles. The van der Waals surface area contributed by atoms with Crippen molar-refractivity contribution in [3.05, 3.63) is 60.2 Å². The Hall–Kier alpha value is -3.11. The normalized spacial score (nSPS) is 20.1.